The lowest BCUT2D eigenvalue weighted by atomic mass is 10.0. The van der Waals surface area contributed by atoms with Gasteiger partial charge in [0, 0.05) is 50.6 Å². The fourth-order valence-electron chi connectivity index (χ4n) is 3.29. The number of carbonyl (C=O) groups excluding carboxylic acids is 2. The zero-order chi connectivity index (χ0) is 19.4. The minimum Gasteiger partial charge on any atom is -0.340 e. The summed E-state index contributed by atoms with van der Waals surface area (Å²) in [5.74, 6) is 1.06. The molecule has 2 aromatic rings. The Hall–Kier alpha value is -2.89. The quantitative estimate of drug-likeness (QED) is 0.902. The van der Waals surface area contributed by atoms with Gasteiger partial charge in [-0.2, -0.15) is 0 Å². The van der Waals surface area contributed by atoms with E-state index in [0.29, 0.717) is 43.5 Å². The molecule has 6 nitrogen and oxygen atoms in total. The van der Waals surface area contributed by atoms with Crippen LogP contribution in [0.2, 0.25) is 0 Å². The number of benzene rings is 1. The maximum absolute atomic E-state index is 12.8. The molecule has 0 atom stereocenters. The average Bonchev–Trinajstić information content (AvgIpc) is 2.68. The molecule has 27 heavy (non-hydrogen) atoms. The van der Waals surface area contributed by atoms with Crippen molar-refractivity contribution in [1.29, 1.82) is 0 Å². The molecule has 1 aliphatic heterocycles. The van der Waals surface area contributed by atoms with Crippen LogP contribution in [0.25, 0.3) is 0 Å². The molecule has 1 N–H and O–H groups in total. The van der Waals surface area contributed by atoms with E-state index < -0.39 is 0 Å². The summed E-state index contributed by atoms with van der Waals surface area (Å²) in [7, 11) is 0. The van der Waals surface area contributed by atoms with Gasteiger partial charge >= 0.3 is 0 Å². The molecule has 1 saturated heterocycles. The Kier molecular flexibility index (Phi) is 5.74. The number of piperazine rings is 1. The molecule has 1 aromatic carbocycles. The van der Waals surface area contributed by atoms with Crippen molar-refractivity contribution in [3.8, 4) is 0 Å². The topological polar surface area (TPSA) is 65.5 Å². The number of amides is 2. The first-order valence-corrected chi connectivity index (χ1v) is 9.32. The molecular formula is C21H26N4O2. The van der Waals surface area contributed by atoms with E-state index in [1.807, 2.05) is 18.2 Å². The van der Waals surface area contributed by atoms with E-state index >= 15 is 0 Å². The molecule has 142 valence electrons. The van der Waals surface area contributed by atoms with Crippen LogP contribution in [0.5, 0.6) is 0 Å². The van der Waals surface area contributed by atoms with Crippen LogP contribution in [0.4, 0.5) is 11.5 Å². The van der Waals surface area contributed by atoms with Crippen molar-refractivity contribution in [2.75, 3.05) is 31.5 Å². The van der Waals surface area contributed by atoms with Crippen LogP contribution in [0.15, 0.2) is 42.6 Å². The van der Waals surface area contributed by atoms with E-state index in [4.69, 9.17) is 0 Å². The number of rotatable bonds is 4. The normalized spacial score (nSPS) is 14.4. The van der Waals surface area contributed by atoms with Crippen LogP contribution in [0.3, 0.4) is 0 Å². The molecule has 0 saturated carbocycles. The molecule has 0 aliphatic carbocycles. The van der Waals surface area contributed by atoms with Crippen LogP contribution in [0.1, 0.15) is 42.6 Å². The largest absolute Gasteiger partial charge is 0.340 e. The Morgan fingerprint density at radius 2 is 1.70 bits per heavy atom. The smallest absolute Gasteiger partial charge is 0.254 e. The number of pyridine rings is 1. The molecule has 0 bridgehead atoms. The molecule has 2 heterocycles. The Morgan fingerprint density at radius 3 is 2.37 bits per heavy atom. The number of hydrogen-bond donors (Lipinski definition) is 1. The first-order chi connectivity index (χ1) is 13.0. The summed E-state index contributed by atoms with van der Waals surface area (Å²) in [6, 6.07) is 11.6. The maximum Gasteiger partial charge on any atom is 0.254 e. The molecule has 0 radical (unpaired) electrons. The standard InChI is InChI=1S/C21H26N4O2/c1-15(2)18-6-4-5-7-19(18)23-20-14-17(8-9-22-20)21(27)25-12-10-24(11-13-25)16(3)26/h4-9,14-15H,10-13H2,1-3H3,(H,22,23). The van der Waals surface area contributed by atoms with E-state index in [-0.39, 0.29) is 11.8 Å². The fraction of sp³-hybridized carbons (Fsp3) is 0.381. The predicted molar refractivity (Wildman–Crippen MR) is 106 cm³/mol. The van der Waals surface area contributed by atoms with Gasteiger partial charge in [0.05, 0.1) is 0 Å². The maximum atomic E-state index is 12.8. The molecule has 0 unspecified atom stereocenters. The summed E-state index contributed by atoms with van der Waals surface area (Å²) in [6.45, 7) is 8.13. The van der Waals surface area contributed by atoms with Gasteiger partial charge in [-0.1, -0.05) is 32.0 Å². The van der Waals surface area contributed by atoms with Crippen molar-refractivity contribution in [2.45, 2.75) is 26.7 Å². The van der Waals surface area contributed by atoms with Crippen LogP contribution < -0.4 is 5.32 Å². The van der Waals surface area contributed by atoms with E-state index in [9.17, 15) is 9.59 Å². The lowest BCUT2D eigenvalue weighted by Crippen LogP contribution is -2.50. The number of carbonyl (C=O) groups is 2. The summed E-state index contributed by atoms with van der Waals surface area (Å²) in [6.07, 6.45) is 1.65. The van der Waals surface area contributed by atoms with Crippen molar-refractivity contribution in [1.82, 2.24) is 14.8 Å². The first-order valence-electron chi connectivity index (χ1n) is 9.32. The number of anilines is 2. The number of nitrogens with one attached hydrogen (secondary N) is 1. The highest BCUT2D eigenvalue weighted by Crippen LogP contribution is 2.26. The zero-order valence-electron chi connectivity index (χ0n) is 16.1. The van der Waals surface area contributed by atoms with Gasteiger partial charge in [0.15, 0.2) is 0 Å². The third-order valence-electron chi connectivity index (χ3n) is 4.86. The SMILES string of the molecule is CC(=O)N1CCN(C(=O)c2ccnc(Nc3ccccc3C(C)C)c2)CC1. The number of hydrogen-bond acceptors (Lipinski definition) is 4. The minimum atomic E-state index is -0.0270. The van der Waals surface area contributed by atoms with E-state index in [2.05, 4.69) is 30.2 Å². The highest BCUT2D eigenvalue weighted by molar-refractivity contribution is 5.95. The predicted octanol–water partition coefficient (Wildman–Crippen LogP) is 3.25. The summed E-state index contributed by atoms with van der Waals surface area (Å²) < 4.78 is 0. The molecule has 6 heteroatoms. The Balaban J connectivity index is 1.73. The lowest BCUT2D eigenvalue weighted by molar-refractivity contribution is -0.130. The Morgan fingerprint density at radius 1 is 1.04 bits per heavy atom. The third-order valence-corrected chi connectivity index (χ3v) is 4.86. The van der Waals surface area contributed by atoms with E-state index in [0.717, 1.165) is 5.69 Å². The number of nitrogens with zero attached hydrogens (tertiary/aromatic N) is 3. The number of aromatic nitrogens is 1. The zero-order valence-corrected chi connectivity index (χ0v) is 16.1. The van der Waals surface area contributed by atoms with Gasteiger partial charge in [0.2, 0.25) is 5.91 Å². The lowest BCUT2D eigenvalue weighted by Gasteiger charge is -2.34. The summed E-state index contributed by atoms with van der Waals surface area (Å²) in [5, 5.41) is 3.34. The average molecular weight is 366 g/mol. The highest BCUT2D eigenvalue weighted by atomic mass is 16.2. The van der Waals surface area contributed by atoms with E-state index in [1.54, 1.807) is 35.1 Å². The second kappa shape index (κ2) is 8.20. The van der Waals surface area contributed by atoms with Crippen LogP contribution >= 0.6 is 0 Å². The molecule has 3 rings (SSSR count). The summed E-state index contributed by atoms with van der Waals surface area (Å²) >= 11 is 0. The van der Waals surface area contributed by atoms with Crippen LogP contribution in [0, 0.1) is 0 Å². The van der Waals surface area contributed by atoms with Gasteiger partial charge in [-0.25, -0.2) is 4.98 Å². The van der Waals surface area contributed by atoms with Gasteiger partial charge in [-0.3, -0.25) is 9.59 Å². The summed E-state index contributed by atoms with van der Waals surface area (Å²) in [4.78, 5) is 32.2. The molecule has 1 fully saturated rings. The number of para-hydroxylation sites is 1. The van der Waals surface area contributed by atoms with E-state index in [1.165, 1.54) is 5.56 Å². The van der Waals surface area contributed by atoms with Crippen molar-refractivity contribution < 1.29 is 9.59 Å². The highest BCUT2D eigenvalue weighted by Gasteiger charge is 2.23. The first kappa shape index (κ1) is 18.9. The van der Waals surface area contributed by atoms with Crippen molar-refractivity contribution >= 4 is 23.3 Å². The van der Waals surface area contributed by atoms with Gasteiger partial charge in [-0.15, -0.1) is 0 Å². The second-order valence-electron chi connectivity index (χ2n) is 7.09. The molecule has 0 spiro atoms. The second-order valence-corrected chi connectivity index (χ2v) is 7.09. The Labute approximate surface area is 160 Å². The van der Waals surface area contributed by atoms with Gasteiger partial charge < -0.3 is 15.1 Å². The molecule has 2 amide bonds. The van der Waals surface area contributed by atoms with Crippen LogP contribution in [-0.4, -0.2) is 52.8 Å². The summed E-state index contributed by atoms with van der Waals surface area (Å²) in [5.41, 5.74) is 2.81. The monoisotopic (exact) mass is 366 g/mol. The van der Waals surface area contributed by atoms with Crippen LogP contribution in [-0.2, 0) is 4.79 Å². The van der Waals surface area contributed by atoms with Crippen molar-refractivity contribution in [3.05, 3.63) is 53.7 Å². The van der Waals surface area contributed by atoms with Crippen molar-refractivity contribution in [3.63, 3.8) is 0 Å². The van der Waals surface area contributed by atoms with Crippen molar-refractivity contribution in [2.24, 2.45) is 0 Å². The molecular weight excluding hydrogens is 340 g/mol. The van der Waals surface area contributed by atoms with Gasteiger partial charge in [0.25, 0.3) is 5.91 Å². The third kappa shape index (κ3) is 4.45. The molecule has 1 aromatic heterocycles. The van der Waals surface area contributed by atoms with Gasteiger partial charge in [0.1, 0.15) is 5.82 Å². The fourth-order valence-corrected chi connectivity index (χ4v) is 3.29. The minimum absolute atomic E-state index is 0.0270. The van der Waals surface area contributed by atoms with Gasteiger partial charge in [-0.05, 0) is 29.7 Å². The Bertz CT molecular complexity index is 826. The molecule has 1 aliphatic rings.